The minimum absolute atomic E-state index is 0.446. The van der Waals surface area contributed by atoms with Crippen LogP contribution >= 0.6 is 0 Å². The van der Waals surface area contributed by atoms with Gasteiger partial charge in [-0.2, -0.15) is 0 Å². The van der Waals surface area contributed by atoms with Crippen molar-refractivity contribution in [3.8, 4) is 0 Å². The van der Waals surface area contributed by atoms with Crippen molar-refractivity contribution < 1.29 is 9.63 Å². The highest BCUT2D eigenvalue weighted by atomic mass is 16.7. The molecule has 0 fully saturated rings. The Bertz CT molecular complexity index is 278. The van der Waals surface area contributed by atoms with Gasteiger partial charge < -0.3 is 5.32 Å². The highest BCUT2D eigenvalue weighted by molar-refractivity contribution is 5.81. The molecule has 0 spiro atoms. The van der Waals surface area contributed by atoms with Crippen molar-refractivity contribution >= 4 is 11.8 Å². The summed E-state index contributed by atoms with van der Waals surface area (Å²) in [5.74, 6) is 0. The van der Waals surface area contributed by atoms with E-state index in [4.69, 9.17) is 4.84 Å². The number of amides is 1. The molecule has 0 saturated carbocycles. The van der Waals surface area contributed by atoms with E-state index in [1.54, 1.807) is 0 Å². The lowest BCUT2D eigenvalue weighted by molar-refractivity contribution is 0.150. The van der Waals surface area contributed by atoms with E-state index in [1.807, 2.05) is 13.8 Å². The van der Waals surface area contributed by atoms with Gasteiger partial charge in [0, 0.05) is 6.54 Å². The number of oxime groups is 1. The summed E-state index contributed by atoms with van der Waals surface area (Å²) in [4.78, 5) is 16.0. The second kappa shape index (κ2) is 15.3. The highest BCUT2D eigenvalue weighted by Gasteiger charge is 2.00. The molecule has 0 heterocycles. The van der Waals surface area contributed by atoms with Crippen LogP contribution in [0.2, 0.25) is 0 Å². The predicted octanol–water partition coefficient (Wildman–Crippen LogP) is 5.42. The largest absolute Gasteiger partial charge is 0.433 e. The second-order valence-corrected chi connectivity index (χ2v) is 5.67. The Morgan fingerprint density at radius 3 is 1.95 bits per heavy atom. The van der Waals surface area contributed by atoms with Crippen molar-refractivity contribution in [1.82, 2.24) is 5.32 Å². The zero-order valence-electron chi connectivity index (χ0n) is 14.2. The van der Waals surface area contributed by atoms with Gasteiger partial charge in [-0.25, -0.2) is 4.79 Å². The van der Waals surface area contributed by atoms with Gasteiger partial charge in [0.05, 0.1) is 5.71 Å². The molecule has 0 radical (unpaired) electrons. The van der Waals surface area contributed by atoms with E-state index in [0.717, 1.165) is 18.6 Å². The number of carbonyl (C=O) groups excluding carboxylic acids is 1. The van der Waals surface area contributed by atoms with Crippen LogP contribution in [0.25, 0.3) is 0 Å². The lowest BCUT2D eigenvalue weighted by Crippen LogP contribution is -2.24. The summed E-state index contributed by atoms with van der Waals surface area (Å²) >= 11 is 0. The minimum atomic E-state index is -0.446. The van der Waals surface area contributed by atoms with Crippen LogP contribution < -0.4 is 5.32 Å². The lowest BCUT2D eigenvalue weighted by Gasteiger charge is -2.04. The van der Waals surface area contributed by atoms with Crippen LogP contribution in [0.3, 0.4) is 0 Å². The Balaban J connectivity index is 3.23. The van der Waals surface area contributed by atoms with Crippen molar-refractivity contribution in [2.45, 2.75) is 91.4 Å². The molecule has 0 saturated heterocycles. The van der Waals surface area contributed by atoms with Crippen molar-refractivity contribution in [2.24, 2.45) is 5.16 Å². The molecule has 0 unspecified atom stereocenters. The quantitative estimate of drug-likeness (QED) is 0.214. The van der Waals surface area contributed by atoms with Gasteiger partial charge in [-0.3, -0.25) is 4.84 Å². The molecule has 1 N–H and O–H groups in total. The molecule has 0 aliphatic carbocycles. The molecule has 0 atom stereocenters. The summed E-state index contributed by atoms with van der Waals surface area (Å²) in [5.41, 5.74) is 0.823. The summed E-state index contributed by atoms with van der Waals surface area (Å²) in [6, 6.07) is 0. The van der Waals surface area contributed by atoms with Crippen LogP contribution in [0.4, 0.5) is 4.79 Å². The van der Waals surface area contributed by atoms with E-state index in [0.29, 0.717) is 6.54 Å². The molecule has 1 amide bonds. The maximum absolute atomic E-state index is 11.3. The highest BCUT2D eigenvalue weighted by Crippen LogP contribution is 2.10. The minimum Gasteiger partial charge on any atom is -0.320 e. The first kappa shape index (κ1) is 19.9. The third-order valence-electron chi connectivity index (χ3n) is 3.60. The third-order valence-corrected chi connectivity index (χ3v) is 3.60. The molecule has 21 heavy (non-hydrogen) atoms. The van der Waals surface area contributed by atoms with E-state index in [1.165, 1.54) is 57.8 Å². The average molecular weight is 298 g/mol. The lowest BCUT2D eigenvalue weighted by atomic mass is 10.1. The zero-order chi connectivity index (χ0) is 15.8. The smallest absolute Gasteiger partial charge is 0.320 e. The number of hydrogen-bond donors (Lipinski definition) is 1. The number of nitrogens with one attached hydrogen (secondary N) is 1. The molecule has 0 aliphatic rings. The average Bonchev–Trinajstić information content (AvgIpc) is 2.50. The monoisotopic (exact) mass is 298 g/mol. The fraction of sp³-hybridized carbons (Fsp3) is 0.882. The summed E-state index contributed by atoms with van der Waals surface area (Å²) in [5, 5.41) is 6.44. The van der Waals surface area contributed by atoms with Crippen LogP contribution in [0.1, 0.15) is 91.4 Å². The molecule has 0 bridgehead atoms. The van der Waals surface area contributed by atoms with E-state index < -0.39 is 6.09 Å². The molecule has 0 aromatic heterocycles. The van der Waals surface area contributed by atoms with Gasteiger partial charge >= 0.3 is 6.09 Å². The maximum atomic E-state index is 11.3. The number of hydrogen-bond acceptors (Lipinski definition) is 3. The van der Waals surface area contributed by atoms with Crippen LogP contribution in [0.15, 0.2) is 5.16 Å². The Morgan fingerprint density at radius 1 is 0.905 bits per heavy atom. The number of unbranched alkanes of at least 4 members (excludes halogenated alkanes) is 9. The summed E-state index contributed by atoms with van der Waals surface area (Å²) in [7, 11) is 0. The van der Waals surface area contributed by atoms with Crippen LogP contribution in [0, 0.1) is 0 Å². The zero-order valence-corrected chi connectivity index (χ0v) is 14.2. The van der Waals surface area contributed by atoms with Crippen LogP contribution in [-0.2, 0) is 4.84 Å². The summed E-state index contributed by atoms with van der Waals surface area (Å²) < 4.78 is 0. The Morgan fingerprint density at radius 2 is 1.43 bits per heavy atom. The molecule has 0 aliphatic heterocycles. The first-order valence-corrected chi connectivity index (χ1v) is 8.69. The molecular formula is C17H34N2O2. The number of carbonyl (C=O) groups is 1. The van der Waals surface area contributed by atoms with Gasteiger partial charge in [-0.1, -0.05) is 76.8 Å². The SMILES string of the molecule is CCCCCCCCCCCCNC(=O)ON=C(C)CC. The van der Waals surface area contributed by atoms with E-state index >= 15 is 0 Å². The number of nitrogens with zero attached hydrogens (tertiary/aromatic N) is 1. The standard InChI is InChI=1S/C17H34N2O2/c1-4-6-7-8-9-10-11-12-13-14-15-18-17(20)21-19-16(3)5-2/h4-15H2,1-3H3,(H,18,20). The van der Waals surface area contributed by atoms with Gasteiger partial charge in [-0.05, 0) is 19.8 Å². The van der Waals surface area contributed by atoms with Gasteiger partial charge in [0.15, 0.2) is 0 Å². The Hall–Kier alpha value is -1.06. The molecule has 0 rings (SSSR count). The summed E-state index contributed by atoms with van der Waals surface area (Å²) in [6.07, 6.45) is 13.3. The Labute approximate surface area is 130 Å². The normalized spacial score (nSPS) is 11.5. The molecule has 0 aromatic rings. The van der Waals surface area contributed by atoms with Crippen molar-refractivity contribution in [3.63, 3.8) is 0 Å². The third kappa shape index (κ3) is 15.2. The maximum Gasteiger partial charge on any atom is 0.433 e. The fourth-order valence-corrected chi connectivity index (χ4v) is 2.02. The van der Waals surface area contributed by atoms with Crippen LogP contribution in [-0.4, -0.2) is 18.3 Å². The predicted molar refractivity (Wildman–Crippen MR) is 89.7 cm³/mol. The van der Waals surface area contributed by atoms with Crippen molar-refractivity contribution in [1.29, 1.82) is 0 Å². The number of rotatable bonds is 13. The van der Waals surface area contributed by atoms with Gasteiger partial charge in [0.2, 0.25) is 0 Å². The van der Waals surface area contributed by atoms with Crippen LogP contribution in [0.5, 0.6) is 0 Å². The molecule has 124 valence electrons. The van der Waals surface area contributed by atoms with E-state index in [-0.39, 0.29) is 0 Å². The van der Waals surface area contributed by atoms with E-state index in [9.17, 15) is 4.79 Å². The van der Waals surface area contributed by atoms with Gasteiger partial charge in [0.25, 0.3) is 0 Å². The molecular weight excluding hydrogens is 264 g/mol. The second-order valence-electron chi connectivity index (χ2n) is 5.67. The first-order valence-electron chi connectivity index (χ1n) is 8.69. The molecule has 0 aromatic carbocycles. The topological polar surface area (TPSA) is 50.7 Å². The van der Waals surface area contributed by atoms with Gasteiger partial charge in [0.1, 0.15) is 0 Å². The van der Waals surface area contributed by atoms with Crippen molar-refractivity contribution in [2.75, 3.05) is 6.54 Å². The fourth-order valence-electron chi connectivity index (χ4n) is 2.02. The first-order chi connectivity index (χ1) is 10.2. The van der Waals surface area contributed by atoms with Crippen molar-refractivity contribution in [3.05, 3.63) is 0 Å². The Kier molecular flexibility index (Phi) is 14.6. The molecule has 4 heteroatoms. The molecule has 4 nitrogen and oxygen atoms in total. The van der Waals surface area contributed by atoms with E-state index in [2.05, 4.69) is 17.4 Å². The van der Waals surface area contributed by atoms with Gasteiger partial charge in [-0.15, -0.1) is 0 Å². The summed E-state index contributed by atoms with van der Waals surface area (Å²) in [6.45, 7) is 6.75.